The van der Waals surface area contributed by atoms with Crippen molar-refractivity contribution in [3.63, 3.8) is 0 Å². The number of likely N-dealkylation sites (N-methyl/N-ethyl adjacent to an activating group) is 1. The van der Waals surface area contributed by atoms with E-state index in [1.54, 1.807) is 7.05 Å². The number of amides is 1. The van der Waals surface area contributed by atoms with Gasteiger partial charge >= 0.3 is 5.97 Å². The highest BCUT2D eigenvalue weighted by Crippen LogP contribution is 2.14. The fourth-order valence-electron chi connectivity index (χ4n) is 2.42. The van der Waals surface area contributed by atoms with Gasteiger partial charge in [0.05, 0.1) is 4.92 Å². The van der Waals surface area contributed by atoms with Crippen LogP contribution in [0, 0.1) is 10.1 Å². The molecule has 0 aliphatic rings. The Morgan fingerprint density at radius 3 is 2.21 bits per heavy atom. The van der Waals surface area contributed by atoms with Crippen LogP contribution in [-0.2, 0) is 20.9 Å². The van der Waals surface area contributed by atoms with Gasteiger partial charge in [0, 0.05) is 51.6 Å². The monoisotopic (exact) mass is 397 g/mol. The van der Waals surface area contributed by atoms with E-state index in [1.165, 1.54) is 41.3 Å². The van der Waals surface area contributed by atoms with Crippen molar-refractivity contribution in [1.29, 1.82) is 0 Å². The van der Waals surface area contributed by atoms with Gasteiger partial charge in [-0.2, -0.15) is 0 Å². The van der Waals surface area contributed by atoms with E-state index in [9.17, 15) is 19.7 Å². The van der Waals surface area contributed by atoms with Crippen molar-refractivity contribution in [2.75, 3.05) is 32.6 Å². The quantitative estimate of drug-likeness (QED) is 0.294. The molecule has 0 radical (unpaired) electrons. The van der Waals surface area contributed by atoms with E-state index in [0.717, 1.165) is 11.3 Å². The third kappa shape index (κ3) is 6.76. The lowest BCUT2D eigenvalue weighted by Crippen LogP contribution is -2.30. The number of carbonyl (C=O) groups is 2. The minimum Gasteiger partial charge on any atom is -0.452 e. The van der Waals surface area contributed by atoms with Crippen LogP contribution in [0.2, 0.25) is 0 Å². The molecule has 1 amide bonds. The van der Waals surface area contributed by atoms with E-state index in [1.807, 2.05) is 43.3 Å². The van der Waals surface area contributed by atoms with Crippen molar-refractivity contribution in [3.05, 3.63) is 75.8 Å². The Bertz CT molecular complexity index is 890. The average molecular weight is 397 g/mol. The molecule has 0 N–H and O–H groups in total. The second-order valence-corrected chi connectivity index (χ2v) is 6.60. The summed E-state index contributed by atoms with van der Waals surface area (Å²) in [4.78, 5) is 37.5. The van der Waals surface area contributed by atoms with Gasteiger partial charge in [-0.1, -0.05) is 12.1 Å². The molecule has 0 heterocycles. The van der Waals surface area contributed by atoms with E-state index in [4.69, 9.17) is 4.74 Å². The van der Waals surface area contributed by atoms with Gasteiger partial charge in [0.1, 0.15) is 0 Å². The number of esters is 1. The number of hydrogen-bond donors (Lipinski definition) is 0. The smallest absolute Gasteiger partial charge is 0.331 e. The normalized spacial score (nSPS) is 10.6. The van der Waals surface area contributed by atoms with Gasteiger partial charge in [-0.25, -0.2) is 4.79 Å². The first-order valence-electron chi connectivity index (χ1n) is 8.86. The summed E-state index contributed by atoms with van der Waals surface area (Å²) < 4.78 is 4.97. The Morgan fingerprint density at radius 1 is 1.03 bits per heavy atom. The van der Waals surface area contributed by atoms with Gasteiger partial charge in [0.15, 0.2) is 6.61 Å². The molecular formula is C21H23N3O5. The summed E-state index contributed by atoms with van der Waals surface area (Å²) in [5.74, 6) is -0.987. The molecular weight excluding hydrogens is 374 g/mol. The predicted octanol–water partition coefficient (Wildman–Crippen LogP) is 2.88. The average Bonchev–Trinajstić information content (AvgIpc) is 2.71. The van der Waals surface area contributed by atoms with Crippen LogP contribution in [0.4, 0.5) is 11.4 Å². The molecule has 152 valence electrons. The van der Waals surface area contributed by atoms with Crippen molar-refractivity contribution in [3.8, 4) is 0 Å². The molecule has 0 saturated heterocycles. The number of nitrogens with zero attached hydrogens (tertiary/aromatic N) is 3. The van der Waals surface area contributed by atoms with Crippen LogP contribution in [-0.4, -0.2) is 49.4 Å². The number of nitro benzene ring substituents is 1. The van der Waals surface area contributed by atoms with E-state index in [-0.39, 0.29) is 18.2 Å². The van der Waals surface area contributed by atoms with E-state index in [0.29, 0.717) is 12.1 Å². The first-order valence-corrected chi connectivity index (χ1v) is 8.86. The lowest BCUT2D eigenvalue weighted by Gasteiger charge is -2.18. The first-order chi connectivity index (χ1) is 13.8. The Hall–Kier alpha value is -3.68. The maximum Gasteiger partial charge on any atom is 0.331 e. The van der Waals surface area contributed by atoms with Crippen LogP contribution in [0.3, 0.4) is 0 Å². The summed E-state index contributed by atoms with van der Waals surface area (Å²) in [6, 6.07) is 13.5. The number of ether oxygens (including phenoxy) is 1. The molecule has 0 fully saturated rings. The van der Waals surface area contributed by atoms with Crippen LogP contribution in [0.25, 0.3) is 6.08 Å². The summed E-state index contributed by atoms with van der Waals surface area (Å²) in [6.45, 7) is 0.0401. The molecule has 8 nitrogen and oxygen atoms in total. The van der Waals surface area contributed by atoms with Gasteiger partial charge in [0.25, 0.3) is 11.6 Å². The van der Waals surface area contributed by atoms with Gasteiger partial charge in [-0.15, -0.1) is 0 Å². The largest absolute Gasteiger partial charge is 0.452 e. The topological polar surface area (TPSA) is 93.0 Å². The fraction of sp³-hybridized carbons (Fsp3) is 0.238. The number of non-ortho nitro benzene ring substituents is 1. The van der Waals surface area contributed by atoms with Gasteiger partial charge in [-0.05, 0) is 41.5 Å². The molecule has 2 rings (SSSR count). The maximum atomic E-state index is 12.2. The number of benzene rings is 2. The molecule has 0 aliphatic heterocycles. The summed E-state index contributed by atoms with van der Waals surface area (Å²) in [5, 5.41) is 10.6. The Labute approximate surface area is 169 Å². The van der Waals surface area contributed by atoms with Crippen LogP contribution in [0.15, 0.2) is 54.6 Å². The summed E-state index contributed by atoms with van der Waals surface area (Å²) in [5.41, 5.74) is 2.61. The maximum absolute atomic E-state index is 12.2. The molecule has 0 bridgehead atoms. The molecule has 0 aromatic heterocycles. The highest BCUT2D eigenvalue weighted by molar-refractivity contribution is 5.89. The zero-order valence-electron chi connectivity index (χ0n) is 16.6. The van der Waals surface area contributed by atoms with Crippen LogP contribution in [0.1, 0.15) is 11.1 Å². The Balaban J connectivity index is 1.81. The lowest BCUT2D eigenvalue weighted by molar-refractivity contribution is -0.384. The third-order valence-corrected chi connectivity index (χ3v) is 4.15. The Morgan fingerprint density at radius 2 is 1.66 bits per heavy atom. The standard InChI is InChI=1S/C21H23N3O5/c1-22(2)18-9-6-17(7-10-18)14-23(3)20(25)15-29-21(26)13-8-16-4-11-19(12-5-16)24(27)28/h4-13H,14-15H2,1-3H3/b13-8+. The molecule has 0 unspecified atom stereocenters. The lowest BCUT2D eigenvalue weighted by atomic mass is 10.2. The van der Waals surface area contributed by atoms with E-state index in [2.05, 4.69) is 0 Å². The molecule has 8 heteroatoms. The minimum absolute atomic E-state index is 0.0327. The summed E-state index contributed by atoms with van der Waals surface area (Å²) in [7, 11) is 5.55. The van der Waals surface area contributed by atoms with Gasteiger partial charge < -0.3 is 14.5 Å². The van der Waals surface area contributed by atoms with Crippen molar-refractivity contribution in [2.24, 2.45) is 0 Å². The first kappa shape index (κ1) is 21.6. The minimum atomic E-state index is -0.666. The fourth-order valence-corrected chi connectivity index (χ4v) is 2.42. The predicted molar refractivity (Wildman–Crippen MR) is 110 cm³/mol. The molecule has 2 aromatic rings. The number of anilines is 1. The zero-order valence-corrected chi connectivity index (χ0v) is 16.6. The highest BCUT2D eigenvalue weighted by atomic mass is 16.6. The van der Waals surface area contributed by atoms with Crippen molar-refractivity contribution < 1.29 is 19.2 Å². The second-order valence-electron chi connectivity index (χ2n) is 6.60. The second kappa shape index (κ2) is 10.0. The zero-order chi connectivity index (χ0) is 21.4. The van der Waals surface area contributed by atoms with Gasteiger partial charge in [-0.3, -0.25) is 14.9 Å². The molecule has 0 saturated carbocycles. The number of rotatable bonds is 8. The molecule has 0 spiro atoms. The van der Waals surface area contributed by atoms with Crippen LogP contribution < -0.4 is 4.90 Å². The summed E-state index contributed by atoms with van der Waals surface area (Å²) in [6.07, 6.45) is 2.64. The Kier molecular flexibility index (Phi) is 7.47. The number of nitro groups is 1. The van der Waals surface area contributed by atoms with Crippen molar-refractivity contribution in [1.82, 2.24) is 4.90 Å². The third-order valence-electron chi connectivity index (χ3n) is 4.15. The van der Waals surface area contributed by atoms with Gasteiger partial charge in [0.2, 0.25) is 0 Å². The van der Waals surface area contributed by atoms with Crippen LogP contribution >= 0.6 is 0 Å². The number of carbonyl (C=O) groups excluding carboxylic acids is 2. The number of hydrogen-bond acceptors (Lipinski definition) is 6. The molecule has 29 heavy (non-hydrogen) atoms. The van der Waals surface area contributed by atoms with Crippen LogP contribution in [0.5, 0.6) is 0 Å². The molecule has 2 aromatic carbocycles. The van der Waals surface area contributed by atoms with Crippen molar-refractivity contribution in [2.45, 2.75) is 6.54 Å². The SMILES string of the molecule is CN(Cc1ccc(N(C)C)cc1)C(=O)COC(=O)/C=C/c1ccc([N+](=O)[O-])cc1. The molecule has 0 aliphatic carbocycles. The van der Waals surface area contributed by atoms with E-state index < -0.39 is 10.9 Å². The molecule has 0 atom stereocenters. The summed E-state index contributed by atoms with van der Waals surface area (Å²) >= 11 is 0. The highest BCUT2D eigenvalue weighted by Gasteiger charge is 2.12. The van der Waals surface area contributed by atoms with E-state index >= 15 is 0 Å². The van der Waals surface area contributed by atoms with Crippen molar-refractivity contribution >= 4 is 29.3 Å².